The Morgan fingerprint density at radius 2 is 1.87 bits per heavy atom. The summed E-state index contributed by atoms with van der Waals surface area (Å²) in [6.45, 7) is 0.556. The van der Waals surface area contributed by atoms with Crippen molar-refractivity contribution in [3.8, 4) is 17.0 Å². The van der Waals surface area contributed by atoms with E-state index in [1.54, 1.807) is 31.0 Å². The van der Waals surface area contributed by atoms with Gasteiger partial charge in [0.05, 0.1) is 12.8 Å². The highest BCUT2D eigenvalue weighted by molar-refractivity contribution is 7.99. The summed E-state index contributed by atoms with van der Waals surface area (Å²) >= 11 is 7.78. The Balaban J connectivity index is 1.47. The summed E-state index contributed by atoms with van der Waals surface area (Å²) in [5, 5.41) is 4.87. The fourth-order valence-electron chi connectivity index (χ4n) is 3.27. The monoisotopic (exact) mass is 436 g/mol. The molecule has 0 saturated carbocycles. The van der Waals surface area contributed by atoms with Gasteiger partial charge in [0.25, 0.3) is 5.91 Å². The minimum absolute atomic E-state index is 0.105. The molecule has 0 fully saturated rings. The highest BCUT2D eigenvalue weighted by Crippen LogP contribution is 2.37. The number of fused-ring (bicyclic) bond motifs is 1. The predicted molar refractivity (Wildman–Crippen MR) is 125 cm³/mol. The summed E-state index contributed by atoms with van der Waals surface area (Å²) in [5.74, 6) is 1.31. The molecule has 0 spiro atoms. The van der Waals surface area contributed by atoms with Gasteiger partial charge in [-0.05, 0) is 42.0 Å². The number of aromatic nitrogens is 1. The molecular weight excluding hydrogens is 416 g/mol. The molecule has 0 saturated heterocycles. The number of rotatable bonds is 7. The number of thioether (sulfide) groups is 1. The number of ether oxygens (including phenoxy) is 1. The summed E-state index contributed by atoms with van der Waals surface area (Å²) in [6.07, 6.45) is 0. The summed E-state index contributed by atoms with van der Waals surface area (Å²) in [6, 6.07) is 23.2. The second-order valence-electron chi connectivity index (χ2n) is 6.72. The van der Waals surface area contributed by atoms with Crippen molar-refractivity contribution >= 4 is 40.2 Å². The highest BCUT2D eigenvalue weighted by Gasteiger charge is 2.14. The largest absolute Gasteiger partial charge is 0.497 e. The van der Waals surface area contributed by atoms with E-state index in [2.05, 4.69) is 22.4 Å². The van der Waals surface area contributed by atoms with Gasteiger partial charge in [-0.1, -0.05) is 48.0 Å². The number of amides is 1. The molecule has 2 N–H and O–H groups in total. The van der Waals surface area contributed by atoms with Crippen molar-refractivity contribution in [1.82, 2.24) is 10.3 Å². The van der Waals surface area contributed by atoms with Gasteiger partial charge in [0.1, 0.15) is 5.75 Å². The van der Waals surface area contributed by atoms with E-state index in [0.717, 1.165) is 22.5 Å². The van der Waals surface area contributed by atoms with Crippen LogP contribution in [0, 0.1) is 0 Å². The third-order valence-corrected chi connectivity index (χ3v) is 6.13. The van der Waals surface area contributed by atoms with Crippen molar-refractivity contribution in [2.75, 3.05) is 19.4 Å². The van der Waals surface area contributed by atoms with Crippen LogP contribution in [0.4, 0.5) is 0 Å². The lowest BCUT2D eigenvalue weighted by Crippen LogP contribution is -2.25. The van der Waals surface area contributed by atoms with Crippen LogP contribution < -0.4 is 10.1 Å². The molecule has 4 aromatic rings. The van der Waals surface area contributed by atoms with E-state index >= 15 is 0 Å². The van der Waals surface area contributed by atoms with Crippen molar-refractivity contribution in [3.05, 3.63) is 83.4 Å². The molecule has 0 aliphatic rings. The zero-order valence-electron chi connectivity index (χ0n) is 16.4. The van der Waals surface area contributed by atoms with Crippen molar-refractivity contribution in [3.63, 3.8) is 0 Å². The maximum atomic E-state index is 12.4. The number of para-hydroxylation sites is 1. The molecule has 6 heteroatoms. The Kier molecular flexibility index (Phi) is 6.31. The van der Waals surface area contributed by atoms with Crippen molar-refractivity contribution in [1.29, 1.82) is 0 Å². The van der Waals surface area contributed by atoms with Gasteiger partial charge in [0.15, 0.2) is 0 Å². The molecule has 0 radical (unpaired) electrons. The van der Waals surface area contributed by atoms with Gasteiger partial charge in [0.2, 0.25) is 0 Å². The first kappa shape index (κ1) is 20.4. The summed E-state index contributed by atoms with van der Waals surface area (Å²) in [4.78, 5) is 17.1. The summed E-state index contributed by atoms with van der Waals surface area (Å²) in [7, 11) is 1.59. The number of carbonyl (C=O) groups is 1. The molecule has 0 atom stereocenters. The molecule has 1 amide bonds. The van der Waals surface area contributed by atoms with E-state index in [4.69, 9.17) is 16.3 Å². The van der Waals surface area contributed by atoms with Gasteiger partial charge in [-0.2, -0.15) is 0 Å². The van der Waals surface area contributed by atoms with Crippen LogP contribution in [0.1, 0.15) is 10.4 Å². The molecule has 30 heavy (non-hydrogen) atoms. The van der Waals surface area contributed by atoms with Crippen LogP contribution in [-0.2, 0) is 0 Å². The van der Waals surface area contributed by atoms with Gasteiger partial charge in [0, 0.05) is 38.7 Å². The zero-order chi connectivity index (χ0) is 20.9. The van der Waals surface area contributed by atoms with Gasteiger partial charge in [-0.3, -0.25) is 4.79 Å². The van der Waals surface area contributed by atoms with E-state index < -0.39 is 0 Å². The van der Waals surface area contributed by atoms with Gasteiger partial charge in [-0.15, -0.1) is 11.8 Å². The third-order valence-electron chi connectivity index (χ3n) is 4.76. The maximum Gasteiger partial charge on any atom is 0.251 e. The third kappa shape index (κ3) is 4.48. The number of aromatic amines is 1. The van der Waals surface area contributed by atoms with Crippen molar-refractivity contribution < 1.29 is 9.53 Å². The molecular formula is C24H21ClN2O2S. The van der Waals surface area contributed by atoms with Crippen LogP contribution in [0.3, 0.4) is 0 Å². The van der Waals surface area contributed by atoms with E-state index in [0.29, 0.717) is 22.9 Å². The fourth-order valence-corrected chi connectivity index (χ4v) is 4.45. The van der Waals surface area contributed by atoms with Crippen LogP contribution in [0.5, 0.6) is 5.75 Å². The average Bonchev–Trinajstić information content (AvgIpc) is 3.15. The Bertz CT molecular complexity index is 1170. The lowest BCUT2D eigenvalue weighted by atomic mass is 10.1. The number of methoxy groups -OCH3 is 1. The molecule has 1 aromatic heterocycles. The number of halogens is 1. The molecule has 0 unspecified atom stereocenters. The van der Waals surface area contributed by atoms with Crippen molar-refractivity contribution in [2.24, 2.45) is 0 Å². The van der Waals surface area contributed by atoms with Crippen LogP contribution in [0.25, 0.3) is 22.2 Å². The summed E-state index contributed by atoms with van der Waals surface area (Å²) in [5.41, 5.74) is 3.83. The number of hydrogen-bond donors (Lipinski definition) is 2. The van der Waals surface area contributed by atoms with Crippen LogP contribution in [0.15, 0.2) is 77.7 Å². The first-order chi connectivity index (χ1) is 14.7. The topological polar surface area (TPSA) is 54.1 Å². The molecule has 0 aliphatic carbocycles. The molecule has 0 bridgehead atoms. The average molecular weight is 437 g/mol. The van der Waals surface area contributed by atoms with E-state index in [1.165, 1.54) is 10.3 Å². The van der Waals surface area contributed by atoms with Crippen molar-refractivity contribution in [2.45, 2.75) is 4.90 Å². The Labute approximate surface area is 184 Å². The van der Waals surface area contributed by atoms with Gasteiger partial charge >= 0.3 is 0 Å². The number of H-pyrrole nitrogens is 1. The van der Waals surface area contributed by atoms with E-state index in [1.807, 2.05) is 48.5 Å². The first-order valence-electron chi connectivity index (χ1n) is 9.57. The van der Waals surface area contributed by atoms with Crippen LogP contribution in [0.2, 0.25) is 5.02 Å². The molecule has 3 aromatic carbocycles. The van der Waals surface area contributed by atoms with Crippen LogP contribution >= 0.6 is 23.4 Å². The number of hydrogen-bond acceptors (Lipinski definition) is 3. The predicted octanol–water partition coefficient (Wildman–Crippen LogP) is 6.02. The highest BCUT2D eigenvalue weighted by atomic mass is 35.5. The second-order valence-corrected chi connectivity index (χ2v) is 8.26. The maximum absolute atomic E-state index is 12.4. The Hall–Kier alpha value is -2.89. The second kappa shape index (κ2) is 9.28. The smallest absolute Gasteiger partial charge is 0.251 e. The Morgan fingerprint density at radius 1 is 1.07 bits per heavy atom. The minimum atomic E-state index is -0.105. The minimum Gasteiger partial charge on any atom is -0.497 e. The molecule has 152 valence electrons. The lowest BCUT2D eigenvalue weighted by Gasteiger charge is -2.08. The lowest BCUT2D eigenvalue weighted by molar-refractivity contribution is 0.0956. The van der Waals surface area contributed by atoms with Gasteiger partial charge in [-0.25, -0.2) is 0 Å². The normalized spacial score (nSPS) is 10.9. The SMILES string of the molecule is COc1cccc(C(=O)NCCSc2c(-c3ccc(Cl)cc3)[nH]c3ccccc23)c1. The molecule has 4 rings (SSSR count). The Morgan fingerprint density at radius 3 is 2.67 bits per heavy atom. The number of carbonyl (C=O) groups excluding carboxylic acids is 1. The number of nitrogens with one attached hydrogen (secondary N) is 2. The van der Waals surface area contributed by atoms with Crippen LogP contribution in [-0.4, -0.2) is 30.3 Å². The first-order valence-corrected chi connectivity index (χ1v) is 10.9. The summed E-state index contributed by atoms with van der Waals surface area (Å²) < 4.78 is 5.19. The molecule has 0 aliphatic heterocycles. The zero-order valence-corrected chi connectivity index (χ0v) is 18.0. The molecule has 4 nitrogen and oxygen atoms in total. The van der Waals surface area contributed by atoms with Gasteiger partial charge < -0.3 is 15.0 Å². The standard InChI is InChI=1S/C24H21ClN2O2S/c1-29-19-6-4-5-17(15-19)24(28)26-13-14-30-23-20-7-2-3-8-21(20)27-22(23)16-9-11-18(25)12-10-16/h2-12,15,27H,13-14H2,1H3,(H,26,28). The van der Waals surface area contributed by atoms with E-state index in [9.17, 15) is 4.79 Å². The number of benzene rings is 3. The quantitative estimate of drug-likeness (QED) is 0.275. The fraction of sp³-hybridized carbons (Fsp3) is 0.125. The molecule has 1 heterocycles. The van der Waals surface area contributed by atoms with E-state index in [-0.39, 0.29) is 5.91 Å².